The van der Waals surface area contributed by atoms with E-state index < -0.39 is 0 Å². The van der Waals surface area contributed by atoms with Crippen LogP contribution in [-0.2, 0) is 6.54 Å². The molecule has 0 amide bonds. The summed E-state index contributed by atoms with van der Waals surface area (Å²) in [5.74, 6) is 0. The minimum Gasteiger partial charge on any atom is -0.272 e. The third kappa shape index (κ3) is 1.72. The Labute approximate surface area is 78.2 Å². The third-order valence-electron chi connectivity index (χ3n) is 2.20. The van der Waals surface area contributed by atoms with E-state index in [-0.39, 0.29) is 0 Å². The number of fused-ring (bicyclic) bond motifs is 1. The average molecular weight is 174 g/mol. The maximum atomic E-state index is 4.47. The molecule has 1 aromatic heterocycles. The van der Waals surface area contributed by atoms with Gasteiger partial charge in [0.1, 0.15) is 0 Å². The van der Waals surface area contributed by atoms with Crippen LogP contribution in [0, 0.1) is 0 Å². The molecule has 0 fully saturated rings. The largest absolute Gasteiger partial charge is 0.272 e. The summed E-state index contributed by atoms with van der Waals surface area (Å²) in [6.45, 7) is 3.23. The fourth-order valence-corrected chi connectivity index (χ4v) is 1.45. The second-order valence-corrected chi connectivity index (χ2v) is 3.30. The molecular formula is C11H14N2. The molecule has 0 N–H and O–H groups in total. The molecule has 68 valence electrons. The van der Waals surface area contributed by atoms with Gasteiger partial charge in [-0.15, -0.1) is 0 Å². The number of hydrogen-bond acceptors (Lipinski definition) is 1. The number of aryl methyl sites for hydroxylation is 1. The predicted octanol–water partition coefficient (Wildman–Crippen LogP) is 2.84. The number of unbranched alkanes of at least 4 members (excludes halogenated alkanes) is 1. The summed E-state index contributed by atoms with van der Waals surface area (Å²) in [5, 5.41) is 5.70. The summed E-state index contributed by atoms with van der Waals surface area (Å²) in [4.78, 5) is 0. The summed E-state index contributed by atoms with van der Waals surface area (Å²) >= 11 is 0. The van der Waals surface area contributed by atoms with Gasteiger partial charge in [0.2, 0.25) is 0 Å². The van der Waals surface area contributed by atoms with Crippen molar-refractivity contribution in [3.8, 4) is 0 Å². The monoisotopic (exact) mass is 174 g/mol. The smallest absolute Gasteiger partial charge is 0.0923 e. The molecular weight excluding hydrogens is 160 g/mol. The van der Waals surface area contributed by atoms with E-state index in [1.54, 1.807) is 0 Å². The zero-order chi connectivity index (χ0) is 9.10. The molecule has 0 bridgehead atoms. The Morgan fingerprint density at radius 1 is 1.31 bits per heavy atom. The topological polar surface area (TPSA) is 17.8 Å². The van der Waals surface area contributed by atoms with Gasteiger partial charge in [0.15, 0.2) is 0 Å². The fraction of sp³-hybridized carbons (Fsp3) is 0.364. The summed E-state index contributed by atoms with van der Waals surface area (Å²) in [5.41, 5.74) is 1.10. The van der Waals surface area contributed by atoms with Crippen LogP contribution in [-0.4, -0.2) is 9.78 Å². The van der Waals surface area contributed by atoms with E-state index in [1.165, 1.54) is 18.2 Å². The molecule has 0 unspecified atom stereocenters. The number of rotatable bonds is 3. The van der Waals surface area contributed by atoms with E-state index in [4.69, 9.17) is 0 Å². The first-order valence-electron chi connectivity index (χ1n) is 4.82. The lowest BCUT2D eigenvalue weighted by Crippen LogP contribution is -1.96. The molecule has 0 aliphatic heterocycles. The Kier molecular flexibility index (Phi) is 2.30. The molecule has 1 aromatic carbocycles. The highest BCUT2D eigenvalue weighted by Gasteiger charge is 1.97. The van der Waals surface area contributed by atoms with Gasteiger partial charge in [-0.3, -0.25) is 4.68 Å². The fourth-order valence-electron chi connectivity index (χ4n) is 1.45. The van der Waals surface area contributed by atoms with Crippen LogP contribution in [0.25, 0.3) is 10.9 Å². The first kappa shape index (κ1) is 8.30. The van der Waals surface area contributed by atoms with E-state index in [2.05, 4.69) is 30.4 Å². The Morgan fingerprint density at radius 2 is 2.15 bits per heavy atom. The summed E-state index contributed by atoms with van der Waals surface area (Å²) in [6, 6.07) is 8.23. The minimum absolute atomic E-state index is 1.03. The van der Waals surface area contributed by atoms with Gasteiger partial charge in [0.05, 0.1) is 5.52 Å². The van der Waals surface area contributed by atoms with E-state index in [9.17, 15) is 0 Å². The molecule has 2 nitrogen and oxygen atoms in total. The Bertz CT molecular complexity index is 357. The molecule has 0 atom stereocenters. The summed E-state index contributed by atoms with van der Waals surface area (Å²) < 4.78 is 2.04. The molecule has 2 heteroatoms. The van der Waals surface area contributed by atoms with Crippen LogP contribution in [0.5, 0.6) is 0 Å². The number of aromatic nitrogens is 2. The van der Waals surface area contributed by atoms with Crippen molar-refractivity contribution in [3.63, 3.8) is 0 Å². The SMILES string of the molecule is CCCCn1cc2ccccc2n1. The van der Waals surface area contributed by atoms with Crippen molar-refractivity contribution < 1.29 is 0 Å². The van der Waals surface area contributed by atoms with Crippen LogP contribution in [0.4, 0.5) is 0 Å². The highest BCUT2D eigenvalue weighted by Crippen LogP contribution is 2.11. The van der Waals surface area contributed by atoms with Gasteiger partial charge in [-0.05, 0) is 12.5 Å². The summed E-state index contributed by atoms with van der Waals surface area (Å²) in [6.07, 6.45) is 4.54. The minimum atomic E-state index is 1.03. The lowest BCUT2D eigenvalue weighted by atomic mass is 10.3. The zero-order valence-corrected chi connectivity index (χ0v) is 7.90. The van der Waals surface area contributed by atoms with Gasteiger partial charge in [-0.25, -0.2) is 0 Å². The van der Waals surface area contributed by atoms with Gasteiger partial charge in [0.25, 0.3) is 0 Å². The van der Waals surface area contributed by atoms with Crippen molar-refractivity contribution >= 4 is 10.9 Å². The number of benzene rings is 1. The van der Waals surface area contributed by atoms with Crippen LogP contribution in [0.3, 0.4) is 0 Å². The van der Waals surface area contributed by atoms with Crippen molar-refractivity contribution in [2.45, 2.75) is 26.3 Å². The van der Waals surface area contributed by atoms with Crippen LogP contribution in [0.1, 0.15) is 19.8 Å². The van der Waals surface area contributed by atoms with Crippen molar-refractivity contribution in [2.75, 3.05) is 0 Å². The maximum Gasteiger partial charge on any atom is 0.0923 e. The van der Waals surface area contributed by atoms with Gasteiger partial charge >= 0.3 is 0 Å². The highest BCUT2D eigenvalue weighted by molar-refractivity contribution is 5.77. The number of hydrogen-bond donors (Lipinski definition) is 0. The van der Waals surface area contributed by atoms with Crippen LogP contribution >= 0.6 is 0 Å². The maximum absolute atomic E-state index is 4.47. The third-order valence-corrected chi connectivity index (χ3v) is 2.20. The normalized spacial score (nSPS) is 10.8. The van der Waals surface area contributed by atoms with E-state index in [0.717, 1.165) is 12.1 Å². The molecule has 2 rings (SSSR count). The van der Waals surface area contributed by atoms with Gasteiger partial charge in [-0.2, -0.15) is 5.10 Å². The summed E-state index contributed by atoms with van der Waals surface area (Å²) in [7, 11) is 0. The Morgan fingerprint density at radius 3 is 2.92 bits per heavy atom. The van der Waals surface area contributed by atoms with Crippen LogP contribution < -0.4 is 0 Å². The molecule has 0 saturated carbocycles. The molecule has 0 aliphatic carbocycles. The highest BCUT2D eigenvalue weighted by atomic mass is 15.3. The second kappa shape index (κ2) is 3.60. The quantitative estimate of drug-likeness (QED) is 0.699. The van der Waals surface area contributed by atoms with E-state index >= 15 is 0 Å². The Balaban J connectivity index is 2.28. The lowest BCUT2D eigenvalue weighted by Gasteiger charge is -1.96. The van der Waals surface area contributed by atoms with Crippen molar-refractivity contribution in [2.24, 2.45) is 0 Å². The molecule has 0 aliphatic rings. The van der Waals surface area contributed by atoms with E-state index in [0.29, 0.717) is 0 Å². The molecule has 0 radical (unpaired) electrons. The van der Waals surface area contributed by atoms with Crippen molar-refractivity contribution in [1.82, 2.24) is 9.78 Å². The second-order valence-electron chi connectivity index (χ2n) is 3.30. The van der Waals surface area contributed by atoms with Crippen LogP contribution in [0.2, 0.25) is 0 Å². The van der Waals surface area contributed by atoms with Crippen molar-refractivity contribution in [1.29, 1.82) is 0 Å². The molecule has 13 heavy (non-hydrogen) atoms. The molecule has 0 saturated heterocycles. The van der Waals surface area contributed by atoms with Crippen molar-refractivity contribution in [3.05, 3.63) is 30.5 Å². The standard InChI is InChI=1S/C11H14N2/c1-2-3-8-13-9-10-6-4-5-7-11(10)12-13/h4-7,9H,2-3,8H2,1H3. The van der Waals surface area contributed by atoms with Gasteiger partial charge in [0, 0.05) is 18.1 Å². The van der Waals surface area contributed by atoms with E-state index in [1.807, 2.05) is 16.8 Å². The van der Waals surface area contributed by atoms with Crippen LogP contribution in [0.15, 0.2) is 30.5 Å². The molecule has 2 aromatic rings. The molecule has 0 spiro atoms. The Hall–Kier alpha value is -1.31. The first-order valence-corrected chi connectivity index (χ1v) is 4.82. The molecule has 1 heterocycles. The predicted molar refractivity (Wildman–Crippen MR) is 54.6 cm³/mol. The number of nitrogens with zero attached hydrogens (tertiary/aromatic N) is 2. The first-order chi connectivity index (χ1) is 6.40. The lowest BCUT2D eigenvalue weighted by molar-refractivity contribution is 0.576. The zero-order valence-electron chi connectivity index (χ0n) is 7.90. The average Bonchev–Trinajstić information content (AvgIpc) is 2.57. The van der Waals surface area contributed by atoms with Gasteiger partial charge in [-0.1, -0.05) is 31.5 Å². The van der Waals surface area contributed by atoms with Gasteiger partial charge < -0.3 is 0 Å².